The maximum atomic E-state index is 9.22. The molecule has 0 saturated carbocycles. The van der Waals surface area contributed by atoms with Crippen LogP contribution in [0.4, 0.5) is 0 Å². The van der Waals surface area contributed by atoms with Gasteiger partial charge in [0, 0.05) is 11.4 Å². The zero-order valence-electron chi connectivity index (χ0n) is 10.4. The highest BCUT2D eigenvalue weighted by Gasteiger charge is 2.12. The van der Waals surface area contributed by atoms with Crippen molar-refractivity contribution >= 4 is 0 Å². The number of aromatic nitrogens is 3. The normalized spacial score (nSPS) is 10.3. The molecule has 0 aliphatic rings. The molecule has 2 aromatic heterocycles. The Morgan fingerprint density at radius 1 is 1.12 bits per heavy atom. The van der Waals surface area contributed by atoms with E-state index >= 15 is 0 Å². The van der Waals surface area contributed by atoms with E-state index in [0.717, 1.165) is 28.5 Å². The number of hydrogen-bond acceptors (Lipinski definition) is 3. The fourth-order valence-electron chi connectivity index (χ4n) is 1.99. The van der Waals surface area contributed by atoms with Gasteiger partial charge in [-0.15, -0.1) is 0 Å². The van der Waals surface area contributed by atoms with Crippen LogP contribution >= 0.6 is 0 Å². The van der Waals surface area contributed by atoms with E-state index in [2.05, 4.69) is 16.2 Å². The first-order valence-corrected chi connectivity index (χ1v) is 5.45. The van der Waals surface area contributed by atoms with Crippen molar-refractivity contribution in [2.75, 3.05) is 0 Å². The van der Waals surface area contributed by atoms with Gasteiger partial charge < -0.3 is 0 Å². The highest BCUT2D eigenvalue weighted by Crippen LogP contribution is 2.19. The second-order valence-corrected chi connectivity index (χ2v) is 4.19. The van der Waals surface area contributed by atoms with E-state index in [0.29, 0.717) is 5.56 Å². The molecule has 0 atom stereocenters. The molecule has 0 amide bonds. The van der Waals surface area contributed by atoms with Gasteiger partial charge in [-0.1, -0.05) is 0 Å². The van der Waals surface area contributed by atoms with Crippen LogP contribution in [0.5, 0.6) is 0 Å². The predicted octanol–water partition coefficient (Wildman–Crippen LogP) is 2.37. The summed E-state index contributed by atoms with van der Waals surface area (Å²) in [7, 11) is 0. The summed E-state index contributed by atoms with van der Waals surface area (Å²) in [6.07, 6.45) is 0. The maximum Gasteiger partial charge on any atom is 0.103 e. The molecule has 0 aliphatic heterocycles. The number of rotatable bonds is 1. The largest absolute Gasteiger partial charge is 0.257 e. The highest BCUT2D eigenvalue weighted by molar-refractivity contribution is 5.52. The van der Waals surface area contributed by atoms with Crippen molar-refractivity contribution in [2.45, 2.75) is 27.7 Å². The molecule has 0 aliphatic carbocycles. The monoisotopic (exact) mass is 226 g/mol. The minimum atomic E-state index is 0.585. The third-order valence-corrected chi connectivity index (χ3v) is 2.66. The molecule has 4 nitrogen and oxygen atoms in total. The van der Waals surface area contributed by atoms with E-state index in [1.54, 1.807) is 4.68 Å². The van der Waals surface area contributed by atoms with Crippen LogP contribution in [-0.2, 0) is 0 Å². The lowest BCUT2D eigenvalue weighted by Gasteiger charge is -2.09. The van der Waals surface area contributed by atoms with Crippen molar-refractivity contribution < 1.29 is 0 Å². The van der Waals surface area contributed by atoms with Crippen LogP contribution < -0.4 is 0 Å². The molecule has 0 spiro atoms. The van der Waals surface area contributed by atoms with Gasteiger partial charge in [-0.05, 0) is 39.8 Å². The summed E-state index contributed by atoms with van der Waals surface area (Å²) in [5.74, 6) is 0. The Morgan fingerprint density at radius 2 is 1.82 bits per heavy atom. The summed E-state index contributed by atoms with van der Waals surface area (Å²) in [5.41, 5.74) is 4.99. The number of nitrogens with zero attached hydrogens (tertiary/aromatic N) is 4. The van der Waals surface area contributed by atoms with Crippen LogP contribution in [0, 0.1) is 39.0 Å². The van der Waals surface area contributed by atoms with Crippen LogP contribution in [0.15, 0.2) is 12.1 Å². The van der Waals surface area contributed by atoms with Crippen LogP contribution in [-0.4, -0.2) is 14.8 Å². The van der Waals surface area contributed by atoms with Gasteiger partial charge in [-0.25, -0.2) is 4.68 Å². The van der Waals surface area contributed by atoms with E-state index in [1.165, 1.54) is 0 Å². The molecule has 2 rings (SSSR count). The molecule has 17 heavy (non-hydrogen) atoms. The molecule has 0 fully saturated rings. The second-order valence-electron chi connectivity index (χ2n) is 4.19. The van der Waals surface area contributed by atoms with Crippen molar-refractivity contribution in [1.82, 2.24) is 14.8 Å². The molecule has 0 N–H and O–H groups in total. The zero-order chi connectivity index (χ0) is 12.6. The standard InChI is InChI=1S/C13H14N4/c1-8-6-13(12(7-14)11(4)15-8)17-10(3)5-9(2)16-17/h5-6H,1-4H3. The van der Waals surface area contributed by atoms with Crippen LogP contribution in [0.1, 0.15) is 28.3 Å². The first kappa shape index (κ1) is 11.3. The lowest BCUT2D eigenvalue weighted by molar-refractivity contribution is 0.823. The van der Waals surface area contributed by atoms with E-state index in [9.17, 15) is 5.26 Å². The summed E-state index contributed by atoms with van der Waals surface area (Å²) < 4.78 is 1.80. The molecule has 0 aromatic carbocycles. The molecule has 0 unspecified atom stereocenters. The number of nitriles is 1. The Labute approximate surface area is 101 Å². The van der Waals surface area contributed by atoms with Crippen LogP contribution in [0.3, 0.4) is 0 Å². The molecular weight excluding hydrogens is 212 g/mol. The maximum absolute atomic E-state index is 9.22. The number of aryl methyl sites for hydroxylation is 4. The van der Waals surface area contributed by atoms with Gasteiger partial charge in [0.1, 0.15) is 6.07 Å². The molecule has 2 aromatic rings. The van der Waals surface area contributed by atoms with Crippen molar-refractivity contribution in [3.63, 3.8) is 0 Å². The first-order valence-electron chi connectivity index (χ1n) is 5.45. The summed E-state index contributed by atoms with van der Waals surface area (Å²) in [6, 6.07) is 6.09. The van der Waals surface area contributed by atoms with E-state index in [-0.39, 0.29) is 0 Å². The predicted molar refractivity (Wildman–Crippen MR) is 65.0 cm³/mol. The van der Waals surface area contributed by atoms with Gasteiger partial charge in [0.2, 0.25) is 0 Å². The molecule has 2 heterocycles. The van der Waals surface area contributed by atoms with Crippen molar-refractivity contribution in [1.29, 1.82) is 5.26 Å². The van der Waals surface area contributed by atoms with Crippen LogP contribution in [0.2, 0.25) is 0 Å². The van der Waals surface area contributed by atoms with Crippen molar-refractivity contribution in [2.24, 2.45) is 0 Å². The van der Waals surface area contributed by atoms with E-state index < -0.39 is 0 Å². The Kier molecular flexibility index (Phi) is 2.68. The SMILES string of the molecule is Cc1cc(-n2nc(C)cc2C)c(C#N)c(C)n1. The highest BCUT2D eigenvalue weighted by atomic mass is 15.3. The van der Waals surface area contributed by atoms with Gasteiger partial charge in [0.15, 0.2) is 0 Å². The molecule has 4 heteroatoms. The lowest BCUT2D eigenvalue weighted by atomic mass is 10.1. The quantitative estimate of drug-likeness (QED) is 0.750. The van der Waals surface area contributed by atoms with E-state index in [4.69, 9.17) is 0 Å². The van der Waals surface area contributed by atoms with Gasteiger partial charge in [0.25, 0.3) is 0 Å². The van der Waals surface area contributed by atoms with Gasteiger partial charge in [-0.2, -0.15) is 10.4 Å². The smallest absolute Gasteiger partial charge is 0.103 e. The molecule has 86 valence electrons. The summed E-state index contributed by atoms with van der Waals surface area (Å²) in [6.45, 7) is 7.69. The summed E-state index contributed by atoms with van der Waals surface area (Å²) in [5, 5.41) is 13.6. The minimum absolute atomic E-state index is 0.585. The van der Waals surface area contributed by atoms with Crippen molar-refractivity contribution in [3.05, 3.63) is 40.5 Å². The van der Waals surface area contributed by atoms with Crippen LogP contribution in [0.25, 0.3) is 5.69 Å². The Balaban J connectivity index is 2.75. The minimum Gasteiger partial charge on any atom is -0.257 e. The fraction of sp³-hybridized carbons (Fsp3) is 0.308. The van der Waals surface area contributed by atoms with Gasteiger partial charge in [-0.3, -0.25) is 4.98 Å². The molecule has 0 radical (unpaired) electrons. The molecule has 0 bridgehead atoms. The number of pyridine rings is 1. The first-order chi connectivity index (χ1) is 8.02. The number of hydrogen-bond donors (Lipinski definition) is 0. The summed E-state index contributed by atoms with van der Waals surface area (Å²) in [4.78, 5) is 4.30. The van der Waals surface area contributed by atoms with E-state index in [1.807, 2.05) is 39.8 Å². The second kappa shape index (κ2) is 4.02. The Bertz CT molecular complexity index is 617. The average molecular weight is 226 g/mol. The zero-order valence-corrected chi connectivity index (χ0v) is 10.4. The summed E-state index contributed by atoms with van der Waals surface area (Å²) >= 11 is 0. The Morgan fingerprint density at radius 3 is 2.35 bits per heavy atom. The molecule has 0 saturated heterocycles. The van der Waals surface area contributed by atoms with Crippen molar-refractivity contribution in [3.8, 4) is 11.8 Å². The van der Waals surface area contributed by atoms with Gasteiger partial charge >= 0.3 is 0 Å². The Hall–Kier alpha value is -2.15. The third-order valence-electron chi connectivity index (χ3n) is 2.66. The van der Waals surface area contributed by atoms with Gasteiger partial charge in [0.05, 0.1) is 22.6 Å². The topological polar surface area (TPSA) is 54.5 Å². The average Bonchev–Trinajstić information content (AvgIpc) is 2.56. The third kappa shape index (κ3) is 1.92. The molecular formula is C13H14N4. The lowest BCUT2D eigenvalue weighted by Crippen LogP contribution is -2.05. The fourth-order valence-corrected chi connectivity index (χ4v) is 1.99.